The smallest absolute Gasteiger partial charge is 0.0993 e. The molecule has 0 rings (SSSR count). The van der Waals surface area contributed by atoms with Crippen LogP contribution in [-0.4, -0.2) is 17.4 Å². The summed E-state index contributed by atoms with van der Waals surface area (Å²) in [5.74, 6) is 0. The van der Waals surface area contributed by atoms with Crippen LogP contribution in [0, 0.1) is 0 Å². The summed E-state index contributed by atoms with van der Waals surface area (Å²) in [5.41, 5.74) is 4.94. The molecule has 0 aromatic rings. The molecule has 0 aromatic heterocycles. The fourth-order valence-corrected chi connectivity index (χ4v) is 0.166. The van der Waals surface area contributed by atoms with E-state index < -0.39 is 5.54 Å². The Balaban J connectivity index is 3.15. The molecule has 0 amide bonds. The Morgan fingerprint density at radius 3 is 2.14 bits per heavy atom. The molecule has 0 radical (unpaired) electrons. The highest BCUT2D eigenvalue weighted by Gasteiger charge is 2.08. The van der Waals surface area contributed by atoms with Crippen molar-refractivity contribution in [2.24, 2.45) is 5.73 Å². The molecule has 0 unspecified atom stereocenters. The summed E-state index contributed by atoms with van der Waals surface area (Å²) in [6.07, 6.45) is 0. The Labute approximate surface area is 43.0 Å². The van der Waals surface area contributed by atoms with E-state index in [1.807, 2.05) is 0 Å². The van der Waals surface area contributed by atoms with Crippen molar-refractivity contribution >= 4 is 0 Å². The predicted octanol–water partition coefficient (Wildman–Crippen LogP) is 0.213. The molecule has 0 aromatic carbocycles. The Morgan fingerprint density at radius 2 is 2.14 bits per heavy atom. The molecule has 0 aliphatic heterocycles. The van der Waals surface area contributed by atoms with Crippen molar-refractivity contribution in [1.82, 2.24) is 0 Å². The van der Waals surface area contributed by atoms with E-state index in [1.165, 1.54) is 0 Å². The van der Waals surface area contributed by atoms with E-state index in [0.717, 1.165) is 0 Å². The topological polar surface area (TPSA) is 55.5 Å². The molecule has 0 saturated heterocycles. The van der Waals surface area contributed by atoms with Gasteiger partial charge in [-0.2, -0.15) is 0 Å². The van der Waals surface area contributed by atoms with E-state index in [2.05, 4.69) is 4.89 Å². The van der Waals surface area contributed by atoms with Gasteiger partial charge in [0, 0.05) is 5.54 Å². The van der Waals surface area contributed by atoms with Gasteiger partial charge in [0.15, 0.2) is 0 Å². The minimum atomic E-state index is -0.422. The summed E-state index contributed by atoms with van der Waals surface area (Å²) >= 11 is 0. The minimum absolute atomic E-state index is 0.174. The zero-order chi connectivity index (χ0) is 5.91. The van der Waals surface area contributed by atoms with Crippen LogP contribution in [0.1, 0.15) is 13.8 Å². The maximum absolute atomic E-state index is 7.82. The predicted molar refractivity (Wildman–Crippen MR) is 26.8 cm³/mol. The molecule has 0 atom stereocenters. The van der Waals surface area contributed by atoms with Gasteiger partial charge in [-0.15, -0.1) is 0 Å². The molecule has 3 heteroatoms. The first-order valence-corrected chi connectivity index (χ1v) is 2.11. The fraction of sp³-hybridized carbons (Fsp3) is 1.00. The maximum Gasteiger partial charge on any atom is 0.0993 e. The minimum Gasteiger partial charge on any atom is -0.324 e. The average Bonchev–Trinajstić information content (AvgIpc) is 1.30. The van der Waals surface area contributed by atoms with Gasteiger partial charge in [-0.05, 0) is 13.8 Å². The Bertz CT molecular complexity index is 48.1. The quantitative estimate of drug-likeness (QED) is 0.390. The highest BCUT2D eigenvalue weighted by Crippen LogP contribution is 1.93. The molecule has 3 N–H and O–H groups in total. The number of rotatable bonds is 2. The lowest BCUT2D eigenvalue weighted by Crippen LogP contribution is -2.36. The van der Waals surface area contributed by atoms with E-state index in [9.17, 15) is 0 Å². The summed E-state index contributed by atoms with van der Waals surface area (Å²) in [6.45, 7) is 3.71. The maximum atomic E-state index is 7.82. The van der Waals surface area contributed by atoms with Gasteiger partial charge < -0.3 is 5.73 Å². The van der Waals surface area contributed by atoms with Crippen molar-refractivity contribution in [2.45, 2.75) is 19.4 Å². The van der Waals surface area contributed by atoms with E-state index in [0.29, 0.717) is 0 Å². The molecule has 0 fully saturated rings. The normalized spacial score (nSPS) is 12.0. The van der Waals surface area contributed by atoms with Crippen LogP contribution in [0.25, 0.3) is 0 Å². The molecule has 0 aliphatic rings. The first-order chi connectivity index (χ1) is 3.06. The van der Waals surface area contributed by atoms with Crippen molar-refractivity contribution in [3.05, 3.63) is 0 Å². The summed E-state index contributed by atoms with van der Waals surface area (Å²) in [7, 11) is 0. The van der Waals surface area contributed by atoms with Crippen LogP contribution >= 0.6 is 0 Å². The molecular weight excluding hydrogens is 94.0 g/mol. The first-order valence-electron chi connectivity index (χ1n) is 2.11. The molecule has 0 aliphatic carbocycles. The zero-order valence-corrected chi connectivity index (χ0v) is 4.64. The summed E-state index contributed by atoms with van der Waals surface area (Å²) < 4.78 is 0. The van der Waals surface area contributed by atoms with E-state index in [1.54, 1.807) is 13.8 Å². The molecule has 0 bridgehead atoms. The van der Waals surface area contributed by atoms with E-state index in [4.69, 9.17) is 11.0 Å². The van der Waals surface area contributed by atoms with Crippen LogP contribution in [0.5, 0.6) is 0 Å². The number of nitrogens with two attached hydrogens (primary N) is 1. The monoisotopic (exact) mass is 105 g/mol. The SMILES string of the molecule is CC(C)(N)COO. The van der Waals surface area contributed by atoms with Crippen LogP contribution < -0.4 is 5.73 Å². The van der Waals surface area contributed by atoms with Gasteiger partial charge in [0.25, 0.3) is 0 Å². The Morgan fingerprint density at radius 1 is 1.71 bits per heavy atom. The number of hydrogen-bond acceptors (Lipinski definition) is 3. The average molecular weight is 105 g/mol. The molecular formula is C4H11NO2. The third-order valence-electron chi connectivity index (χ3n) is 0.437. The lowest BCUT2D eigenvalue weighted by atomic mass is 10.1. The largest absolute Gasteiger partial charge is 0.324 e. The summed E-state index contributed by atoms with van der Waals surface area (Å²) in [6, 6.07) is 0. The van der Waals surface area contributed by atoms with Crippen LogP contribution in [0.2, 0.25) is 0 Å². The Kier molecular flexibility index (Phi) is 2.22. The van der Waals surface area contributed by atoms with Crippen LogP contribution in [-0.2, 0) is 4.89 Å². The van der Waals surface area contributed by atoms with E-state index in [-0.39, 0.29) is 6.61 Å². The van der Waals surface area contributed by atoms with Crippen LogP contribution in [0.4, 0.5) is 0 Å². The van der Waals surface area contributed by atoms with Gasteiger partial charge in [-0.1, -0.05) is 0 Å². The zero-order valence-electron chi connectivity index (χ0n) is 4.64. The molecule has 0 saturated carbocycles. The number of hydrogen-bond donors (Lipinski definition) is 2. The van der Waals surface area contributed by atoms with Crippen molar-refractivity contribution < 1.29 is 10.1 Å². The summed E-state index contributed by atoms with van der Waals surface area (Å²) in [4.78, 5) is 3.78. The van der Waals surface area contributed by atoms with Crippen molar-refractivity contribution in [1.29, 1.82) is 0 Å². The molecule has 0 spiro atoms. The van der Waals surface area contributed by atoms with Crippen LogP contribution in [0.15, 0.2) is 0 Å². The first kappa shape index (κ1) is 6.88. The van der Waals surface area contributed by atoms with Crippen molar-refractivity contribution in [2.75, 3.05) is 6.61 Å². The van der Waals surface area contributed by atoms with Gasteiger partial charge in [0.1, 0.15) is 0 Å². The van der Waals surface area contributed by atoms with E-state index >= 15 is 0 Å². The highest BCUT2D eigenvalue weighted by atomic mass is 17.1. The lowest BCUT2D eigenvalue weighted by Gasteiger charge is -2.13. The molecule has 7 heavy (non-hydrogen) atoms. The third-order valence-corrected chi connectivity index (χ3v) is 0.437. The third kappa shape index (κ3) is 5.88. The second-order valence-corrected chi connectivity index (χ2v) is 2.26. The van der Waals surface area contributed by atoms with Gasteiger partial charge in [0.05, 0.1) is 6.61 Å². The second-order valence-electron chi connectivity index (χ2n) is 2.26. The standard InChI is InChI=1S/C4H11NO2/c1-4(2,5)3-7-6/h6H,3,5H2,1-2H3. The summed E-state index contributed by atoms with van der Waals surface area (Å²) in [5, 5.41) is 7.82. The lowest BCUT2D eigenvalue weighted by molar-refractivity contribution is -0.251. The fourth-order valence-electron chi connectivity index (χ4n) is 0.166. The van der Waals surface area contributed by atoms with Gasteiger partial charge in [-0.25, -0.2) is 4.89 Å². The van der Waals surface area contributed by atoms with Gasteiger partial charge in [-0.3, -0.25) is 5.26 Å². The Hall–Kier alpha value is -0.120. The van der Waals surface area contributed by atoms with Gasteiger partial charge in [0.2, 0.25) is 0 Å². The van der Waals surface area contributed by atoms with Crippen molar-refractivity contribution in [3.8, 4) is 0 Å². The molecule has 0 heterocycles. The molecule has 3 nitrogen and oxygen atoms in total. The second kappa shape index (κ2) is 2.26. The molecule has 44 valence electrons. The van der Waals surface area contributed by atoms with Gasteiger partial charge >= 0.3 is 0 Å². The van der Waals surface area contributed by atoms with Crippen LogP contribution in [0.3, 0.4) is 0 Å². The van der Waals surface area contributed by atoms with Crippen molar-refractivity contribution in [3.63, 3.8) is 0 Å². The highest BCUT2D eigenvalue weighted by molar-refractivity contribution is 4.68.